The van der Waals surface area contributed by atoms with E-state index in [-0.39, 0.29) is 12.3 Å². The number of pyridine rings is 1. The molecule has 0 aliphatic carbocycles. The summed E-state index contributed by atoms with van der Waals surface area (Å²) in [6, 6.07) is 11.8. The van der Waals surface area contributed by atoms with Gasteiger partial charge in [-0.2, -0.15) is 0 Å². The first-order valence-electron chi connectivity index (χ1n) is 7.28. The predicted molar refractivity (Wildman–Crippen MR) is 90.6 cm³/mol. The highest BCUT2D eigenvalue weighted by Crippen LogP contribution is 2.33. The Balaban J connectivity index is 2.01. The van der Waals surface area contributed by atoms with E-state index in [0.717, 1.165) is 26.6 Å². The summed E-state index contributed by atoms with van der Waals surface area (Å²) in [5, 5.41) is 10.1. The number of thiazole rings is 1. The van der Waals surface area contributed by atoms with Gasteiger partial charge < -0.3 is 5.11 Å². The summed E-state index contributed by atoms with van der Waals surface area (Å²) in [6.45, 7) is 1.98. The van der Waals surface area contributed by atoms with Crippen molar-refractivity contribution in [3.63, 3.8) is 0 Å². The van der Waals surface area contributed by atoms with Gasteiger partial charge >= 0.3 is 5.97 Å². The lowest BCUT2D eigenvalue weighted by atomic mass is 9.93. The summed E-state index contributed by atoms with van der Waals surface area (Å²) >= 11 is 1.55. The maximum Gasteiger partial charge on any atom is 0.304 e. The number of hydrogen-bond acceptors (Lipinski definition) is 4. The molecule has 1 N–H and O–H groups in total. The van der Waals surface area contributed by atoms with Crippen LogP contribution < -0.4 is 0 Å². The summed E-state index contributed by atoms with van der Waals surface area (Å²) in [5.41, 5.74) is 3.00. The highest BCUT2D eigenvalue weighted by atomic mass is 32.1. The maximum atomic E-state index is 11.3. The lowest BCUT2D eigenvalue weighted by Gasteiger charge is -2.14. The smallest absolute Gasteiger partial charge is 0.304 e. The van der Waals surface area contributed by atoms with E-state index in [9.17, 15) is 9.90 Å². The zero-order chi connectivity index (χ0) is 16.2. The van der Waals surface area contributed by atoms with Crippen LogP contribution in [-0.2, 0) is 4.79 Å². The van der Waals surface area contributed by atoms with Crippen molar-refractivity contribution in [3.8, 4) is 11.1 Å². The highest BCUT2D eigenvalue weighted by molar-refractivity contribution is 7.11. The molecule has 0 bridgehead atoms. The molecule has 0 aliphatic rings. The second kappa shape index (κ2) is 6.71. The molecule has 0 saturated heterocycles. The van der Waals surface area contributed by atoms with Crippen LogP contribution in [0.15, 0.2) is 55.0 Å². The van der Waals surface area contributed by atoms with Crippen molar-refractivity contribution in [2.24, 2.45) is 0 Å². The monoisotopic (exact) mass is 324 g/mol. The van der Waals surface area contributed by atoms with Gasteiger partial charge in [-0.15, -0.1) is 11.3 Å². The van der Waals surface area contributed by atoms with Gasteiger partial charge in [0.25, 0.3) is 0 Å². The quantitative estimate of drug-likeness (QED) is 0.767. The Morgan fingerprint density at radius 2 is 2.04 bits per heavy atom. The number of aliphatic carboxylic acids is 1. The summed E-state index contributed by atoms with van der Waals surface area (Å²) in [5.74, 6) is -1.06. The molecule has 0 fully saturated rings. The summed E-state index contributed by atoms with van der Waals surface area (Å²) in [6.07, 6.45) is 5.36. The lowest BCUT2D eigenvalue weighted by molar-refractivity contribution is -0.137. The van der Waals surface area contributed by atoms with Crippen LogP contribution in [0.2, 0.25) is 0 Å². The topological polar surface area (TPSA) is 63.1 Å². The number of carboxylic acids is 1. The molecule has 116 valence electrons. The number of aryl methyl sites for hydroxylation is 1. The van der Waals surface area contributed by atoms with E-state index in [1.165, 1.54) is 0 Å². The summed E-state index contributed by atoms with van der Waals surface area (Å²) < 4.78 is 0. The molecule has 0 aliphatic heterocycles. The number of aromatic nitrogens is 2. The molecule has 23 heavy (non-hydrogen) atoms. The molecule has 1 aromatic carbocycles. The average Bonchev–Trinajstić information content (AvgIpc) is 3.00. The molecule has 1 unspecified atom stereocenters. The van der Waals surface area contributed by atoms with Gasteiger partial charge in [-0.05, 0) is 29.7 Å². The Bertz CT molecular complexity index is 815. The molecule has 5 heteroatoms. The second-order valence-corrected chi connectivity index (χ2v) is 6.59. The van der Waals surface area contributed by atoms with E-state index in [4.69, 9.17) is 0 Å². The number of rotatable bonds is 5. The Morgan fingerprint density at radius 3 is 2.70 bits per heavy atom. The van der Waals surface area contributed by atoms with Gasteiger partial charge in [0.05, 0.1) is 6.42 Å². The molecule has 0 saturated carbocycles. The number of nitrogens with zero attached hydrogens (tertiary/aromatic N) is 2. The Labute approximate surface area is 138 Å². The van der Waals surface area contributed by atoms with Gasteiger partial charge in [-0.25, -0.2) is 4.98 Å². The molecular weight excluding hydrogens is 308 g/mol. The molecule has 0 amide bonds. The van der Waals surface area contributed by atoms with Crippen LogP contribution in [0.5, 0.6) is 0 Å². The zero-order valence-electron chi connectivity index (χ0n) is 12.6. The van der Waals surface area contributed by atoms with Crippen molar-refractivity contribution in [1.29, 1.82) is 0 Å². The molecule has 2 heterocycles. The van der Waals surface area contributed by atoms with E-state index in [2.05, 4.69) is 9.97 Å². The van der Waals surface area contributed by atoms with Crippen LogP contribution in [-0.4, -0.2) is 21.0 Å². The Hall–Kier alpha value is -2.53. The predicted octanol–water partition coefficient (Wildman–Crippen LogP) is 4.12. The molecular formula is C18H16N2O2S. The Morgan fingerprint density at radius 1 is 1.22 bits per heavy atom. The fourth-order valence-electron chi connectivity index (χ4n) is 2.52. The van der Waals surface area contributed by atoms with Crippen LogP contribution in [0, 0.1) is 6.92 Å². The maximum absolute atomic E-state index is 11.3. The molecule has 3 aromatic rings. The van der Waals surface area contributed by atoms with Gasteiger partial charge in [-0.3, -0.25) is 9.78 Å². The minimum atomic E-state index is -0.824. The van der Waals surface area contributed by atoms with Gasteiger partial charge in [0.1, 0.15) is 5.01 Å². The second-order valence-electron chi connectivity index (χ2n) is 5.33. The van der Waals surface area contributed by atoms with Crippen LogP contribution >= 0.6 is 11.3 Å². The molecule has 1 atom stereocenters. The third-order valence-corrected chi connectivity index (χ3v) is 4.63. The van der Waals surface area contributed by atoms with Gasteiger partial charge in [0.15, 0.2) is 0 Å². The van der Waals surface area contributed by atoms with Crippen molar-refractivity contribution in [1.82, 2.24) is 9.97 Å². The van der Waals surface area contributed by atoms with Gasteiger partial charge in [-0.1, -0.05) is 30.3 Å². The van der Waals surface area contributed by atoms with Crippen LogP contribution in [0.3, 0.4) is 0 Å². The van der Waals surface area contributed by atoms with Crippen molar-refractivity contribution < 1.29 is 9.90 Å². The third-order valence-electron chi connectivity index (χ3n) is 3.60. The molecule has 0 radical (unpaired) electrons. The number of benzene rings is 1. The van der Waals surface area contributed by atoms with Crippen molar-refractivity contribution in [2.45, 2.75) is 19.3 Å². The highest BCUT2D eigenvalue weighted by Gasteiger charge is 2.21. The summed E-state index contributed by atoms with van der Waals surface area (Å²) in [7, 11) is 0. The summed E-state index contributed by atoms with van der Waals surface area (Å²) in [4.78, 5) is 20.9. The minimum Gasteiger partial charge on any atom is -0.481 e. The van der Waals surface area contributed by atoms with E-state index in [0.29, 0.717) is 0 Å². The zero-order valence-corrected chi connectivity index (χ0v) is 13.5. The first-order chi connectivity index (χ1) is 11.1. The number of hydrogen-bond donors (Lipinski definition) is 1. The van der Waals surface area contributed by atoms with E-state index in [1.807, 2.05) is 43.3 Å². The van der Waals surface area contributed by atoms with Crippen molar-refractivity contribution in [3.05, 3.63) is 70.4 Å². The molecule has 3 rings (SSSR count). The SMILES string of the molecule is Cc1cnc(C(CC(=O)O)c2cccc(-c3cccnc3)c2)s1. The van der Waals surface area contributed by atoms with Crippen LogP contribution in [0.4, 0.5) is 0 Å². The Kier molecular flexibility index (Phi) is 4.48. The van der Waals surface area contributed by atoms with Crippen molar-refractivity contribution in [2.75, 3.05) is 0 Å². The van der Waals surface area contributed by atoms with E-state index >= 15 is 0 Å². The minimum absolute atomic E-state index is 0.0312. The fourth-order valence-corrected chi connectivity index (χ4v) is 3.43. The lowest BCUT2D eigenvalue weighted by Crippen LogP contribution is -2.07. The largest absolute Gasteiger partial charge is 0.481 e. The van der Waals surface area contributed by atoms with Gasteiger partial charge in [0, 0.05) is 29.4 Å². The van der Waals surface area contributed by atoms with E-state index in [1.54, 1.807) is 29.9 Å². The van der Waals surface area contributed by atoms with Crippen LogP contribution in [0.1, 0.15) is 27.8 Å². The number of carboxylic acid groups (broad SMARTS) is 1. The van der Waals surface area contributed by atoms with Crippen molar-refractivity contribution >= 4 is 17.3 Å². The fraction of sp³-hybridized carbons (Fsp3) is 0.167. The first-order valence-corrected chi connectivity index (χ1v) is 8.09. The first kappa shape index (κ1) is 15.4. The molecule has 4 nitrogen and oxygen atoms in total. The van der Waals surface area contributed by atoms with E-state index < -0.39 is 5.97 Å². The third kappa shape index (κ3) is 3.63. The molecule has 2 aromatic heterocycles. The standard InChI is InChI=1S/C18H16N2O2S/c1-12-10-20-18(23-12)16(9-17(21)22)14-5-2-4-13(8-14)15-6-3-7-19-11-15/h2-8,10-11,16H,9H2,1H3,(H,21,22). The number of carbonyl (C=O) groups is 1. The van der Waals surface area contributed by atoms with Crippen LogP contribution in [0.25, 0.3) is 11.1 Å². The molecule has 0 spiro atoms. The van der Waals surface area contributed by atoms with Gasteiger partial charge in [0.2, 0.25) is 0 Å². The average molecular weight is 324 g/mol. The normalized spacial score (nSPS) is 12.0.